The monoisotopic (exact) mass is 1340 g/mol. The molecule has 4 rings (SSSR count). The fraction of sp³-hybridized carbons (Fsp3) is 0.750. The lowest BCUT2D eigenvalue weighted by Gasteiger charge is -2.53. The second-order valence-electron chi connectivity index (χ2n) is 21.3. The zero-order valence-electron chi connectivity index (χ0n) is 53.1. The zero-order valence-corrected chi connectivity index (χ0v) is 53.9. The van der Waals surface area contributed by atoms with Gasteiger partial charge in [-0.25, -0.2) is 4.79 Å². The van der Waals surface area contributed by atoms with E-state index in [0.717, 1.165) is 90.2 Å². The van der Waals surface area contributed by atoms with E-state index in [4.69, 9.17) is 102 Å². The molecule has 92 heavy (non-hydrogen) atoms. The molecule has 4 aliphatic heterocycles. The molecule has 1 unspecified atom stereocenters. The number of rotatable bonds is 27. The molecule has 0 aromatic heterocycles. The molecule has 4 saturated heterocycles. The molecule has 4 heterocycles. The molecular weight excluding hydrogens is 1260 g/mol. The maximum atomic E-state index is 15.0. The Hall–Kier alpha value is -7.41. The van der Waals surface area contributed by atoms with Gasteiger partial charge in [-0.3, -0.25) is 62.3 Å². The number of amides is 2. The third-order valence-corrected chi connectivity index (χ3v) is 13.9. The Morgan fingerprint density at radius 3 is 1.48 bits per heavy atom. The second kappa shape index (κ2) is 35.0. The Bertz CT molecular complexity index is 2690. The van der Waals surface area contributed by atoms with Gasteiger partial charge in [0.05, 0.1) is 31.7 Å². The summed E-state index contributed by atoms with van der Waals surface area (Å²) in [5, 5.41) is 5.19. The summed E-state index contributed by atoms with van der Waals surface area (Å²) in [6.07, 6.45) is -34.1. The number of carbonyl (C=O) groups excluding carboxylic acids is 14. The lowest BCUT2D eigenvalue weighted by atomic mass is 9.87. The highest BCUT2D eigenvalue weighted by Gasteiger charge is 2.65. The van der Waals surface area contributed by atoms with Crippen LogP contribution in [-0.4, -0.2) is 238 Å². The van der Waals surface area contributed by atoms with Gasteiger partial charge in [-0.2, -0.15) is 0 Å². The summed E-state index contributed by atoms with van der Waals surface area (Å²) in [5.41, 5.74) is -1.71. The molecule has 0 aromatic rings. The van der Waals surface area contributed by atoms with E-state index in [-0.39, 0.29) is 12.8 Å². The summed E-state index contributed by atoms with van der Waals surface area (Å²) in [6, 6.07) is -3.43. The number of carbonyl (C=O) groups is 14. The van der Waals surface area contributed by atoms with Gasteiger partial charge < -0.3 is 101 Å². The van der Waals surface area contributed by atoms with Crippen LogP contribution in [0.5, 0.6) is 0 Å². The van der Waals surface area contributed by atoms with Crippen molar-refractivity contribution in [1.29, 1.82) is 0 Å². The van der Waals surface area contributed by atoms with E-state index in [9.17, 15) is 67.1 Å². The van der Waals surface area contributed by atoms with Crippen LogP contribution in [0.25, 0.3) is 0 Å². The summed E-state index contributed by atoms with van der Waals surface area (Å²) in [7, 11) is 0.811. The molecule has 21 atom stereocenters. The Balaban J connectivity index is 2.17. The molecule has 2 N–H and O–H groups in total. The maximum Gasteiger partial charge on any atom is 0.366 e. The van der Waals surface area contributed by atoms with Crippen LogP contribution < -0.4 is 10.6 Å². The van der Waals surface area contributed by atoms with E-state index >= 15 is 0 Å². The number of hydrogen-bond acceptors (Lipinski definition) is 33. The van der Waals surface area contributed by atoms with Crippen molar-refractivity contribution < 1.29 is 157 Å². The quantitative estimate of drug-likeness (QED) is 0.0575. The van der Waals surface area contributed by atoms with E-state index in [1.807, 2.05) is 0 Å². The Morgan fingerprint density at radius 1 is 0.511 bits per heavy atom. The molecule has 0 saturated carbocycles. The average molecular weight is 1340 g/mol. The van der Waals surface area contributed by atoms with E-state index in [0.29, 0.717) is 0 Å². The number of methoxy groups -OCH3 is 1. The van der Waals surface area contributed by atoms with Crippen LogP contribution in [-0.2, 0) is 157 Å². The van der Waals surface area contributed by atoms with Gasteiger partial charge >= 0.3 is 71.6 Å². The predicted octanol–water partition coefficient (Wildman–Crippen LogP) is -0.834. The number of ether oxygens (including phenoxy) is 19. The first-order chi connectivity index (χ1) is 43.0. The number of nitrogens with one attached hydrogen (secondary N) is 2. The first-order valence-electron chi connectivity index (χ1n) is 28.7. The van der Waals surface area contributed by atoms with Gasteiger partial charge in [0.25, 0.3) is 5.79 Å². The summed E-state index contributed by atoms with van der Waals surface area (Å²) in [6.45, 7) is 11.7. The summed E-state index contributed by atoms with van der Waals surface area (Å²) >= 11 is 6.98. The lowest BCUT2D eigenvalue weighted by Crippen LogP contribution is -2.72. The standard InChI is InChI=1S/C56H79ClN2O33/c1-16-17-39(72)59-41-46(90-53-50(85-33(13)70)48(84-32(12)69)42(22(2)78-53)81-29(9)66)43(37(87-52(41)57)20-76-25(5)62)89-54-51(86-34(14)71)49(45(83-31(11)68)38(88-54)21-77-26(6)63)92-56(55(73)74-15)18-35(79-27(7)64)40(58-23(3)60)47(91-56)44(82-30(10)67)36(80-28(8)65)19-75-24(4)61/h22,35-38,40-54H,16-21H2,1-15H3,(H,58,60)(H,59,72)/t22-,35-,36+,37+,38+,40+,41+,42+,43+,44+,45-,46+,47+,48+,49-,50-,51+,52?,53-,54-,56-/m0/s1. The molecule has 0 bridgehead atoms. The highest BCUT2D eigenvalue weighted by Crippen LogP contribution is 2.43. The van der Waals surface area contributed by atoms with Crippen LogP contribution in [0.4, 0.5) is 0 Å². The van der Waals surface area contributed by atoms with Crippen molar-refractivity contribution in [2.24, 2.45) is 0 Å². The van der Waals surface area contributed by atoms with Gasteiger partial charge in [-0.05, 0) is 13.3 Å². The van der Waals surface area contributed by atoms with E-state index in [2.05, 4.69) is 10.6 Å². The van der Waals surface area contributed by atoms with Crippen molar-refractivity contribution in [3.8, 4) is 0 Å². The SMILES string of the molecule is CCCC(=O)N[C@H]1C(Cl)O[C@H](COC(C)=O)[C@@H](O[C@@H]2O[C@H](COC(C)=O)[C@H](OC(C)=O)[C@H](O[C@]3(C(=O)OC)C[C@H](OC(C)=O)[C@@H](NC(C)=O)[C@H]([C@H](OC(C)=O)[C@@H](COC(C)=O)OC(C)=O)O3)[C@H]2OC(C)=O)[C@@H]1O[C@@H]1O[C@@H](C)[C@@H](OC(C)=O)[C@@H](OC(C)=O)[C@@H]1OC(C)=O. The van der Waals surface area contributed by atoms with Crippen LogP contribution >= 0.6 is 11.6 Å². The molecule has 4 aliphatic rings. The molecule has 0 radical (unpaired) electrons. The van der Waals surface area contributed by atoms with Gasteiger partial charge in [0.15, 0.2) is 60.9 Å². The third kappa shape index (κ3) is 22.1. The lowest BCUT2D eigenvalue weighted by molar-refractivity contribution is -0.385. The molecule has 4 fully saturated rings. The summed E-state index contributed by atoms with van der Waals surface area (Å²) < 4.78 is 112. The molecule has 0 aliphatic carbocycles. The third-order valence-electron chi connectivity index (χ3n) is 13.6. The van der Waals surface area contributed by atoms with Crippen molar-refractivity contribution in [2.45, 2.75) is 244 Å². The van der Waals surface area contributed by atoms with Crippen molar-refractivity contribution in [2.75, 3.05) is 26.9 Å². The Morgan fingerprint density at radius 2 is 0.989 bits per heavy atom. The summed E-state index contributed by atoms with van der Waals surface area (Å²) in [4.78, 5) is 184. The van der Waals surface area contributed by atoms with Crippen molar-refractivity contribution in [1.82, 2.24) is 10.6 Å². The van der Waals surface area contributed by atoms with Gasteiger partial charge in [-0.15, -0.1) is 0 Å². The van der Waals surface area contributed by atoms with Gasteiger partial charge in [0.2, 0.25) is 11.8 Å². The molecule has 0 aromatic carbocycles. The van der Waals surface area contributed by atoms with Crippen LogP contribution in [0.1, 0.15) is 116 Å². The zero-order chi connectivity index (χ0) is 69.2. The molecule has 36 heteroatoms. The highest BCUT2D eigenvalue weighted by molar-refractivity contribution is 6.20. The normalized spacial score (nSPS) is 31.5. The maximum absolute atomic E-state index is 15.0. The van der Waals surface area contributed by atoms with Crippen molar-refractivity contribution >= 4 is 95.0 Å². The van der Waals surface area contributed by atoms with Gasteiger partial charge in [-0.1, -0.05) is 18.5 Å². The Labute approximate surface area is 532 Å². The minimum Gasteiger partial charge on any atom is -0.465 e. The smallest absolute Gasteiger partial charge is 0.366 e. The summed E-state index contributed by atoms with van der Waals surface area (Å²) in [5.74, 6) is -17.9. The largest absolute Gasteiger partial charge is 0.465 e. The topological polar surface area (TPSA) is 438 Å². The van der Waals surface area contributed by atoms with E-state index in [1.54, 1.807) is 6.92 Å². The number of hydrogen-bond donors (Lipinski definition) is 2. The first kappa shape index (κ1) is 77.0. The van der Waals surface area contributed by atoms with E-state index in [1.165, 1.54) is 6.92 Å². The van der Waals surface area contributed by atoms with Crippen LogP contribution in [0.15, 0.2) is 0 Å². The fourth-order valence-electron chi connectivity index (χ4n) is 10.4. The van der Waals surface area contributed by atoms with Gasteiger partial charge in [0.1, 0.15) is 62.5 Å². The minimum absolute atomic E-state index is 0.164. The van der Waals surface area contributed by atoms with Crippen molar-refractivity contribution in [3.63, 3.8) is 0 Å². The Kier molecular flexibility index (Phi) is 29.3. The first-order valence-corrected chi connectivity index (χ1v) is 29.1. The fourth-order valence-corrected chi connectivity index (χ4v) is 10.8. The molecule has 0 spiro atoms. The van der Waals surface area contributed by atoms with Crippen LogP contribution in [0.3, 0.4) is 0 Å². The van der Waals surface area contributed by atoms with Crippen LogP contribution in [0, 0.1) is 0 Å². The minimum atomic E-state index is -3.23. The molecule has 2 amide bonds. The number of halogens is 1. The average Bonchev–Trinajstić information content (AvgIpc) is 0.749. The number of alkyl halides is 1. The van der Waals surface area contributed by atoms with Crippen LogP contribution in [0.2, 0.25) is 0 Å². The number of esters is 12. The highest BCUT2D eigenvalue weighted by atomic mass is 35.5. The van der Waals surface area contributed by atoms with Crippen molar-refractivity contribution in [3.05, 3.63) is 0 Å². The second-order valence-corrected chi connectivity index (χ2v) is 21.7. The predicted molar refractivity (Wildman–Crippen MR) is 295 cm³/mol. The molecular formula is C56H79ClN2O33. The van der Waals surface area contributed by atoms with Gasteiger partial charge in [0, 0.05) is 89.5 Å². The molecule has 35 nitrogen and oxygen atoms in total. The van der Waals surface area contributed by atoms with E-state index < -0.39 is 237 Å². The molecule has 518 valence electrons.